The van der Waals surface area contributed by atoms with Crippen molar-refractivity contribution in [2.45, 2.75) is 96.9 Å². The molecule has 0 radical (unpaired) electrons. The van der Waals surface area contributed by atoms with Gasteiger partial charge in [0.15, 0.2) is 0 Å². The van der Waals surface area contributed by atoms with E-state index in [2.05, 4.69) is 13.8 Å². The van der Waals surface area contributed by atoms with Crippen LogP contribution in [0.3, 0.4) is 0 Å². The second-order valence-corrected chi connectivity index (χ2v) is 11.2. The second-order valence-electron chi connectivity index (χ2n) is 11.2. The summed E-state index contributed by atoms with van der Waals surface area (Å²) in [5, 5.41) is 42.7. The highest BCUT2D eigenvalue weighted by atomic mass is 16.3. The van der Waals surface area contributed by atoms with Crippen molar-refractivity contribution in [1.29, 1.82) is 0 Å². The zero-order valence-electron chi connectivity index (χ0n) is 18.1. The molecule has 4 aliphatic rings. The standard InChI is InChI=1S/C24H42O4/c1-4-20(27)14(2)22-21(28)11-19-17-8-6-15-5-7-16(26)12-23(15,3)18(17)9-10-24(19,22)13-25/h14-22,25-28H,4-13H2,1-3H3/t14-,15?,16?,17-,18+,19+,20?,21?,22+,23+,24-/m1/s1. The lowest BCUT2D eigenvalue weighted by Crippen LogP contribution is -2.56. The van der Waals surface area contributed by atoms with Gasteiger partial charge in [0.1, 0.15) is 0 Å². The van der Waals surface area contributed by atoms with Gasteiger partial charge in [-0.15, -0.1) is 0 Å². The van der Waals surface area contributed by atoms with Crippen LogP contribution < -0.4 is 0 Å². The zero-order chi connectivity index (χ0) is 20.3. The summed E-state index contributed by atoms with van der Waals surface area (Å²) < 4.78 is 0. The van der Waals surface area contributed by atoms with Crippen molar-refractivity contribution in [1.82, 2.24) is 0 Å². The zero-order valence-corrected chi connectivity index (χ0v) is 18.1. The number of hydrogen-bond acceptors (Lipinski definition) is 4. The highest BCUT2D eigenvalue weighted by molar-refractivity contribution is 5.13. The summed E-state index contributed by atoms with van der Waals surface area (Å²) in [6.45, 7) is 6.63. The van der Waals surface area contributed by atoms with E-state index in [-0.39, 0.29) is 35.4 Å². The molecule has 0 spiro atoms. The van der Waals surface area contributed by atoms with Crippen LogP contribution in [-0.4, -0.2) is 45.3 Å². The fourth-order valence-electron chi connectivity index (χ4n) is 8.97. The van der Waals surface area contributed by atoms with E-state index < -0.39 is 12.2 Å². The minimum atomic E-state index is -0.422. The van der Waals surface area contributed by atoms with Gasteiger partial charge in [-0.25, -0.2) is 0 Å². The van der Waals surface area contributed by atoms with E-state index in [1.165, 1.54) is 12.8 Å². The van der Waals surface area contributed by atoms with Crippen LogP contribution in [0.25, 0.3) is 0 Å². The lowest BCUT2D eigenvalue weighted by molar-refractivity contribution is -0.151. The van der Waals surface area contributed by atoms with E-state index in [9.17, 15) is 20.4 Å². The molecule has 11 atom stereocenters. The third kappa shape index (κ3) is 2.92. The highest BCUT2D eigenvalue weighted by Crippen LogP contribution is 2.68. The first kappa shape index (κ1) is 21.1. The van der Waals surface area contributed by atoms with E-state index in [1.54, 1.807) is 0 Å². The molecule has 162 valence electrons. The minimum Gasteiger partial charge on any atom is -0.396 e. The topological polar surface area (TPSA) is 80.9 Å². The fraction of sp³-hybridized carbons (Fsp3) is 1.00. The predicted octanol–water partition coefficient (Wildman–Crippen LogP) is 3.36. The average Bonchev–Trinajstić information content (AvgIpc) is 2.98. The molecule has 0 aliphatic heterocycles. The van der Waals surface area contributed by atoms with Gasteiger partial charge in [-0.2, -0.15) is 0 Å². The minimum absolute atomic E-state index is 0.0112. The molecule has 4 rings (SSSR count). The van der Waals surface area contributed by atoms with Crippen LogP contribution in [0.1, 0.15) is 78.6 Å². The molecule has 4 nitrogen and oxygen atoms in total. The summed E-state index contributed by atoms with van der Waals surface area (Å²) >= 11 is 0. The van der Waals surface area contributed by atoms with Crippen LogP contribution in [0.2, 0.25) is 0 Å². The van der Waals surface area contributed by atoms with Gasteiger partial charge in [0.05, 0.1) is 18.3 Å². The largest absolute Gasteiger partial charge is 0.396 e. The molecule has 0 heterocycles. The molecule has 4 N–H and O–H groups in total. The molecule has 0 saturated heterocycles. The number of rotatable bonds is 4. The molecule has 0 aromatic rings. The van der Waals surface area contributed by atoms with Gasteiger partial charge >= 0.3 is 0 Å². The maximum absolute atomic E-state index is 11.1. The molecule has 0 bridgehead atoms. The molecule has 4 aliphatic carbocycles. The lowest BCUT2D eigenvalue weighted by Gasteiger charge is -2.61. The van der Waals surface area contributed by atoms with Gasteiger partial charge in [-0.3, -0.25) is 0 Å². The number of hydrogen-bond donors (Lipinski definition) is 4. The Morgan fingerprint density at radius 3 is 2.43 bits per heavy atom. The molecule has 0 amide bonds. The molecule has 0 aromatic heterocycles. The smallest absolute Gasteiger partial charge is 0.0581 e. The average molecular weight is 395 g/mol. The van der Waals surface area contributed by atoms with E-state index >= 15 is 0 Å². The SMILES string of the molecule is CCC(O)[C@@H](C)[C@H]1C(O)C[C@H]2[C@@H]3CCC4CCC(O)C[C@]4(C)[C@H]3CC[C@]12CO. The van der Waals surface area contributed by atoms with E-state index in [4.69, 9.17) is 0 Å². The number of fused-ring (bicyclic) bond motifs is 5. The van der Waals surface area contributed by atoms with E-state index in [0.717, 1.165) is 44.4 Å². The van der Waals surface area contributed by atoms with Crippen LogP contribution in [0, 0.1) is 46.3 Å². The lowest BCUT2D eigenvalue weighted by atomic mass is 9.44. The van der Waals surface area contributed by atoms with Crippen LogP contribution in [0.4, 0.5) is 0 Å². The van der Waals surface area contributed by atoms with Crippen molar-refractivity contribution in [2.24, 2.45) is 46.3 Å². The van der Waals surface area contributed by atoms with Crippen molar-refractivity contribution in [3.8, 4) is 0 Å². The summed E-state index contributed by atoms with van der Waals surface area (Å²) in [7, 11) is 0. The first-order valence-corrected chi connectivity index (χ1v) is 11.9. The summed E-state index contributed by atoms with van der Waals surface area (Å²) in [5.74, 6) is 2.21. The third-order valence-corrected chi connectivity index (χ3v) is 10.3. The van der Waals surface area contributed by atoms with Crippen molar-refractivity contribution in [3.05, 3.63) is 0 Å². The van der Waals surface area contributed by atoms with Crippen LogP contribution in [0.5, 0.6) is 0 Å². The molecular weight excluding hydrogens is 352 g/mol. The summed E-state index contributed by atoms with van der Waals surface area (Å²) in [6, 6.07) is 0. The second kappa shape index (κ2) is 7.51. The van der Waals surface area contributed by atoms with E-state index in [1.807, 2.05) is 6.92 Å². The Hall–Kier alpha value is -0.160. The van der Waals surface area contributed by atoms with Gasteiger partial charge in [-0.05, 0) is 98.7 Å². The Bertz CT molecular complexity index is 567. The third-order valence-electron chi connectivity index (χ3n) is 10.3. The Labute approximate surface area is 170 Å². The Kier molecular flexibility index (Phi) is 5.66. The molecular formula is C24H42O4. The molecule has 4 saturated carbocycles. The Balaban J connectivity index is 1.65. The normalized spacial score (nSPS) is 53.0. The maximum atomic E-state index is 11.1. The first-order valence-electron chi connectivity index (χ1n) is 11.9. The van der Waals surface area contributed by atoms with E-state index in [0.29, 0.717) is 24.2 Å². The molecule has 0 aromatic carbocycles. The van der Waals surface area contributed by atoms with Crippen molar-refractivity contribution >= 4 is 0 Å². The van der Waals surface area contributed by atoms with Crippen molar-refractivity contribution < 1.29 is 20.4 Å². The summed E-state index contributed by atoms with van der Waals surface area (Å²) in [4.78, 5) is 0. The summed E-state index contributed by atoms with van der Waals surface area (Å²) in [5.41, 5.74) is -0.0353. The fourth-order valence-corrected chi connectivity index (χ4v) is 8.97. The van der Waals surface area contributed by atoms with Crippen LogP contribution >= 0.6 is 0 Å². The predicted molar refractivity (Wildman–Crippen MR) is 109 cm³/mol. The number of aliphatic hydroxyl groups excluding tert-OH is 4. The van der Waals surface area contributed by atoms with Gasteiger partial charge in [0.25, 0.3) is 0 Å². The molecule has 4 heteroatoms. The van der Waals surface area contributed by atoms with Crippen LogP contribution in [0.15, 0.2) is 0 Å². The quantitative estimate of drug-likeness (QED) is 0.589. The van der Waals surface area contributed by atoms with Crippen LogP contribution in [-0.2, 0) is 0 Å². The van der Waals surface area contributed by atoms with Gasteiger partial charge < -0.3 is 20.4 Å². The van der Waals surface area contributed by atoms with Gasteiger partial charge in [-0.1, -0.05) is 20.8 Å². The molecule has 4 fully saturated rings. The molecule has 4 unspecified atom stereocenters. The van der Waals surface area contributed by atoms with Crippen molar-refractivity contribution in [2.75, 3.05) is 6.61 Å². The highest BCUT2D eigenvalue weighted by Gasteiger charge is 2.64. The van der Waals surface area contributed by atoms with Gasteiger partial charge in [0, 0.05) is 12.0 Å². The van der Waals surface area contributed by atoms with Gasteiger partial charge in [0.2, 0.25) is 0 Å². The van der Waals surface area contributed by atoms with Crippen molar-refractivity contribution in [3.63, 3.8) is 0 Å². The number of aliphatic hydroxyl groups is 4. The summed E-state index contributed by atoms with van der Waals surface area (Å²) in [6.07, 6.45) is 7.99. The maximum Gasteiger partial charge on any atom is 0.0581 e. The first-order chi connectivity index (χ1) is 13.3. The Morgan fingerprint density at radius 1 is 1.04 bits per heavy atom. The Morgan fingerprint density at radius 2 is 1.75 bits per heavy atom. The monoisotopic (exact) mass is 394 g/mol. The molecule has 28 heavy (non-hydrogen) atoms.